The lowest BCUT2D eigenvalue weighted by Crippen LogP contribution is -2.00. The molecule has 1 heterocycles. The van der Waals surface area contributed by atoms with Crippen molar-refractivity contribution in [3.05, 3.63) is 42.2 Å². The van der Waals surface area contributed by atoms with Gasteiger partial charge in [-0.3, -0.25) is 0 Å². The quantitative estimate of drug-likeness (QED) is 0.860. The minimum atomic E-state index is 0.702. The number of benzene rings is 1. The number of nitrogens with two attached hydrogens (primary N) is 1. The fourth-order valence-electron chi connectivity index (χ4n) is 1.82. The number of hydrogen-bond donors (Lipinski definition) is 1. The van der Waals surface area contributed by atoms with Gasteiger partial charge in [0, 0.05) is 5.56 Å². The average molecular weight is 231 g/mol. The van der Waals surface area contributed by atoms with Crippen molar-refractivity contribution in [3.63, 3.8) is 0 Å². The molecule has 2 N–H and O–H groups in total. The predicted molar refractivity (Wildman–Crippen MR) is 68.1 cm³/mol. The summed E-state index contributed by atoms with van der Waals surface area (Å²) in [4.78, 5) is 0. The Balaban J connectivity index is 2.23. The Hall–Kier alpha value is -1.74. The Morgan fingerprint density at radius 3 is 2.59 bits per heavy atom. The maximum absolute atomic E-state index is 5.54. The van der Waals surface area contributed by atoms with Crippen LogP contribution in [0.3, 0.4) is 0 Å². The topological polar surface area (TPSA) is 48.4 Å². The molecule has 1 aromatic heterocycles. The van der Waals surface area contributed by atoms with E-state index < -0.39 is 0 Å². The predicted octanol–water partition coefficient (Wildman–Crippen LogP) is 2.85. The Morgan fingerprint density at radius 1 is 1.18 bits per heavy atom. The van der Waals surface area contributed by atoms with Crippen molar-refractivity contribution in [2.75, 3.05) is 13.7 Å². The van der Waals surface area contributed by atoms with Crippen LogP contribution in [0, 0.1) is 0 Å². The Morgan fingerprint density at radius 2 is 1.94 bits per heavy atom. The van der Waals surface area contributed by atoms with Crippen LogP contribution in [0.2, 0.25) is 0 Å². The first kappa shape index (κ1) is 11.7. The molecule has 17 heavy (non-hydrogen) atoms. The fourth-order valence-corrected chi connectivity index (χ4v) is 1.82. The number of aryl methyl sites for hydroxylation is 1. The van der Waals surface area contributed by atoms with E-state index in [4.69, 9.17) is 14.9 Å². The molecular formula is C14H17NO2. The lowest BCUT2D eigenvalue weighted by Gasteiger charge is -2.04. The summed E-state index contributed by atoms with van der Waals surface area (Å²) >= 11 is 0. The van der Waals surface area contributed by atoms with Crippen molar-refractivity contribution in [3.8, 4) is 17.1 Å². The van der Waals surface area contributed by atoms with E-state index in [-0.39, 0.29) is 0 Å². The van der Waals surface area contributed by atoms with Crippen LogP contribution in [0.4, 0.5) is 0 Å². The van der Waals surface area contributed by atoms with Gasteiger partial charge in [0.05, 0.1) is 13.4 Å². The van der Waals surface area contributed by atoms with Gasteiger partial charge in [0.2, 0.25) is 0 Å². The van der Waals surface area contributed by atoms with Crippen LogP contribution in [0.25, 0.3) is 11.3 Å². The first-order valence-corrected chi connectivity index (χ1v) is 5.76. The third kappa shape index (κ3) is 2.68. The Bertz CT molecular complexity index is 459. The number of methoxy groups -OCH3 is 1. The molecule has 0 saturated heterocycles. The van der Waals surface area contributed by atoms with Crippen LogP contribution in [-0.2, 0) is 6.42 Å². The zero-order valence-electron chi connectivity index (χ0n) is 9.98. The van der Waals surface area contributed by atoms with Gasteiger partial charge in [-0.1, -0.05) is 0 Å². The van der Waals surface area contributed by atoms with E-state index in [1.807, 2.05) is 30.3 Å². The van der Waals surface area contributed by atoms with E-state index in [0.29, 0.717) is 6.54 Å². The summed E-state index contributed by atoms with van der Waals surface area (Å²) in [6, 6.07) is 9.89. The molecule has 90 valence electrons. The second-order valence-electron chi connectivity index (χ2n) is 3.90. The molecule has 2 rings (SSSR count). The van der Waals surface area contributed by atoms with Crippen molar-refractivity contribution in [2.45, 2.75) is 12.8 Å². The SMILES string of the molecule is COc1ccc(-c2occc2CCCN)cc1. The molecule has 3 heteroatoms. The summed E-state index contributed by atoms with van der Waals surface area (Å²) < 4.78 is 10.7. The molecule has 0 unspecified atom stereocenters. The largest absolute Gasteiger partial charge is 0.497 e. The highest BCUT2D eigenvalue weighted by Crippen LogP contribution is 2.27. The molecule has 0 radical (unpaired) electrons. The summed E-state index contributed by atoms with van der Waals surface area (Å²) in [7, 11) is 1.66. The van der Waals surface area contributed by atoms with Crippen LogP contribution in [0.5, 0.6) is 5.75 Å². The fraction of sp³-hybridized carbons (Fsp3) is 0.286. The van der Waals surface area contributed by atoms with Crippen LogP contribution >= 0.6 is 0 Å². The second-order valence-corrected chi connectivity index (χ2v) is 3.90. The minimum absolute atomic E-state index is 0.702. The van der Waals surface area contributed by atoms with Crippen LogP contribution in [0.15, 0.2) is 41.0 Å². The summed E-state index contributed by atoms with van der Waals surface area (Å²) in [5.74, 6) is 1.78. The van der Waals surface area contributed by atoms with Gasteiger partial charge in [-0.05, 0) is 55.3 Å². The lowest BCUT2D eigenvalue weighted by atomic mass is 10.1. The number of furan rings is 1. The molecule has 0 spiro atoms. The van der Waals surface area contributed by atoms with E-state index in [1.54, 1.807) is 13.4 Å². The Labute approximate surface area is 101 Å². The number of rotatable bonds is 5. The zero-order chi connectivity index (χ0) is 12.1. The Kier molecular flexibility index (Phi) is 3.83. The standard InChI is InChI=1S/C14H17NO2/c1-16-13-6-4-12(5-7-13)14-11(3-2-9-15)8-10-17-14/h4-8,10H,2-3,9,15H2,1H3. The first-order chi connectivity index (χ1) is 8.35. The van der Waals surface area contributed by atoms with Crippen molar-refractivity contribution in [2.24, 2.45) is 5.73 Å². The average Bonchev–Trinajstić information content (AvgIpc) is 2.84. The smallest absolute Gasteiger partial charge is 0.137 e. The molecule has 0 saturated carbocycles. The van der Waals surface area contributed by atoms with Crippen molar-refractivity contribution in [1.29, 1.82) is 0 Å². The summed E-state index contributed by atoms with van der Waals surface area (Å²) in [5, 5.41) is 0. The highest BCUT2D eigenvalue weighted by atomic mass is 16.5. The number of hydrogen-bond acceptors (Lipinski definition) is 3. The molecular weight excluding hydrogens is 214 g/mol. The maximum Gasteiger partial charge on any atom is 0.137 e. The van der Waals surface area contributed by atoms with E-state index >= 15 is 0 Å². The van der Waals surface area contributed by atoms with E-state index in [2.05, 4.69) is 0 Å². The van der Waals surface area contributed by atoms with Gasteiger partial charge in [-0.15, -0.1) is 0 Å². The van der Waals surface area contributed by atoms with Crippen LogP contribution in [0.1, 0.15) is 12.0 Å². The lowest BCUT2D eigenvalue weighted by molar-refractivity contribution is 0.415. The highest BCUT2D eigenvalue weighted by molar-refractivity contribution is 5.62. The van der Waals surface area contributed by atoms with Crippen molar-refractivity contribution in [1.82, 2.24) is 0 Å². The summed E-state index contributed by atoms with van der Waals surface area (Å²) in [6.07, 6.45) is 3.66. The molecule has 0 fully saturated rings. The third-order valence-corrected chi connectivity index (χ3v) is 2.75. The summed E-state index contributed by atoms with van der Waals surface area (Å²) in [6.45, 7) is 0.702. The van der Waals surface area contributed by atoms with Gasteiger partial charge in [-0.25, -0.2) is 0 Å². The van der Waals surface area contributed by atoms with E-state index in [0.717, 1.165) is 29.9 Å². The van der Waals surface area contributed by atoms with Gasteiger partial charge >= 0.3 is 0 Å². The molecule has 0 aliphatic heterocycles. The second kappa shape index (κ2) is 5.55. The van der Waals surface area contributed by atoms with Crippen molar-refractivity contribution >= 4 is 0 Å². The van der Waals surface area contributed by atoms with E-state index in [9.17, 15) is 0 Å². The molecule has 0 amide bonds. The monoisotopic (exact) mass is 231 g/mol. The van der Waals surface area contributed by atoms with Gasteiger partial charge < -0.3 is 14.9 Å². The molecule has 0 aliphatic carbocycles. The maximum atomic E-state index is 5.54. The molecule has 0 bridgehead atoms. The van der Waals surface area contributed by atoms with Crippen LogP contribution in [-0.4, -0.2) is 13.7 Å². The van der Waals surface area contributed by atoms with E-state index in [1.165, 1.54) is 5.56 Å². The van der Waals surface area contributed by atoms with Gasteiger partial charge in [0.15, 0.2) is 0 Å². The molecule has 2 aromatic rings. The zero-order valence-corrected chi connectivity index (χ0v) is 9.98. The minimum Gasteiger partial charge on any atom is -0.497 e. The summed E-state index contributed by atoms with van der Waals surface area (Å²) in [5.41, 5.74) is 7.81. The first-order valence-electron chi connectivity index (χ1n) is 5.76. The van der Waals surface area contributed by atoms with Crippen LogP contribution < -0.4 is 10.5 Å². The normalized spacial score (nSPS) is 10.5. The highest BCUT2D eigenvalue weighted by Gasteiger charge is 2.08. The van der Waals surface area contributed by atoms with Gasteiger partial charge in [0.25, 0.3) is 0 Å². The number of ether oxygens (including phenoxy) is 1. The molecule has 1 aromatic carbocycles. The molecule has 0 atom stereocenters. The van der Waals surface area contributed by atoms with Crippen molar-refractivity contribution < 1.29 is 9.15 Å². The molecule has 3 nitrogen and oxygen atoms in total. The molecule has 0 aliphatic rings. The van der Waals surface area contributed by atoms with Gasteiger partial charge in [0.1, 0.15) is 11.5 Å². The third-order valence-electron chi connectivity index (χ3n) is 2.75. The van der Waals surface area contributed by atoms with Gasteiger partial charge in [-0.2, -0.15) is 0 Å².